The monoisotopic (exact) mass is 275 g/mol. The molecule has 0 aliphatic heterocycles. The van der Waals surface area contributed by atoms with E-state index in [-0.39, 0.29) is 6.04 Å². The molecule has 2 rings (SSSR count). The van der Waals surface area contributed by atoms with Crippen LogP contribution in [-0.4, -0.2) is 9.78 Å². The average Bonchev–Trinajstić information content (AvgIpc) is 2.73. The van der Waals surface area contributed by atoms with Crippen molar-refractivity contribution in [3.63, 3.8) is 0 Å². The van der Waals surface area contributed by atoms with Gasteiger partial charge in [-0.05, 0) is 12.1 Å². The summed E-state index contributed by atoms with van der Waals surface area (Å²) in [4.78, 5) is 0. The van der Waals surface area contributed by atoms with E-state index in [0.717, 1.165) is 11.3 Å². The SMILES string of the molecule is Cn1ccc(CC(N)c2cc(Cl)sc2Cl)n1. The topological polar surface area (TPSA) is 43.8 Å². The maximum atomic E-state index is 6.06. The van der Waals surface area contributed by atoms with Crippen molar-refractivity contribution >= 4 is 34.5 Å². The number of rotatable bonds is 3. The van der Waals surface area contributed by atoms with Crippen molar-refractivity contribution in [3.05, 3.63) is 38.3 Å². The molecule has 0 aromatic carbocycles. The Morgan fingerprint density at radius 3 is 2.81 bits per heavy atom. The largest absolute Gasteiger partial charge is 0.324 e. The van der Waals surface area contributed by atoms with E-state index >= 15 is 0 Å². The molecule has 16 heavy (non-hydrogen) atoms. The number of hydrogen-bond donors (Lipinski definition) is 1. The first-order valence-electron chi connectivity index (χ1n) is 4.75. The van der Waals surface area contributed by atoms with Crippen molar-refractivity contribution < 1.29 is 0 Å². The standard InChI is InChI=1S/C10H11Cl2N3S/c1-15-3-2-6(14-15)4-8(13)7-5-9(11)16-10(7)12/h2-3,5,8H,4,13H2,1H3. The molecule has 0 bridgehead atoms. The maximum absolute atomic E-state index is 6.06. The highest BCUT2D eigenvalue weighted by molar-refractivity contribution is 7.20. The van der Waals surface area contributed by atoms with Gasteiger partial charge in [0.25, 0.3) is 0 Å². The fraction of sp³-hybridized carbons (Fsp3) is 0.300. The van der Waals surface area contributed by atoms with Gasteiger partial charge in [-0.15, -0.1) is 11.3 Å². The molecule has 3 nitrogen and oxygen atoms in total. The Hall–Kier alpha value is -0.550. The van der Waals surface area contributed by atoms with Crippen LogP contribution in [0.2, 0.25) is 8.67 Å². The Labute approximate surface area is 108 Å². The predicted molar refractivity (Wildman–Crippen MR) is 68.2 cm³/mol. The van der Waals surface area contributed by atoms with E-state index in [0.29, 0.717) is 15.1 Å². The van der Waals surface area contributed by atoms with E-state index in [1.54, 1.807) is 4.68 Å². The quantitative estimate of drug-likeness (QED) is 0.936. The Bertz CT molecular complexity index is 492. The van der Waals surface area contributed by atoms with Gasteiger partial charge in [0.1, 0.15) is 0 Å². The lowest BCUT2D eigenvalue weighted by Gasteiger charge is -2.08. The Balaban J connectivity index is 2.14. The number of aromatic nitrogens is 2. The molecule has 2 heterocycles. The van der Waals surface area contributed by atoms with Crippen molar-refractivity contribution in [2.24, 2.45) is 12.8 Å². The highest BCUT2D eigenvalue weighted by Crippen LogP contribution is 2.35. The summed E-state index contributed by atoms with van der Waals surface area (Å²) in [6, 6.07) is 3.61. The van der Waals surface area contributed by atoms with Crippen LogP contribution in [-0.2, 0) is 13.5 Å². The van der Waals surface area contributed by atoms with E-state index < -0.39 is 0 Å². The Kier molecular flexibility index (Phi) is 3.54. The van der Waals surface area contributed by atoms with Crippen molar-refractivity contribution in [1.82, 2.24) is 9.78 Å². The summed E-state index contributed by atoms with van der Waals surface area (Å²) in [6.07, 6.45) is 2.55. The van der Waals surface area contributed by atoms with Crippen LogP contribution in [0, 0.1) is 0 Å². The molecule has 0 radical (unpaired) electrons. The van der Waals surface area contributed by atoms with E-state index in [1.807, 2.05) is 25.4 Å². The van der Waals surface area contributed by atoms with Crippen LogP contribution in [0.5, 0.6) is 0 Å². The Morgan fingerprint density at radius 1 is 1.56 bits per heavy atom. The van der Waals surface area contributed by atoms with Crippen LogP contribution in [0.15, 0.2) is 18.3 Å². The van der Waals surface area contributed by atoms with E-state index in [2.05, 4.69) is 5.10 Å². The number of nitrogens with zero attached hydrogens (tertiary/aromatic N) is 2. The minimum Gasteiger partial charge on any atom is -0.324 e. The van der Waals surface area contributed by atoms with Crippen molar-refractivity contribution in [1.29, 1.82) is 0 Å². The second-order valence-corrected chi connectivity index (χ2v) is 5.86. The number of hydrogen-bond acceptors (Lipinski definition) is 3. The summed E-state index contributed by atoms with van der Waals surface area (Å²) in [7, 11) is 1.88. The minimum absolute atomic E-state index is 0.161. The molecule has 2 aromatic heterocycles. The van der Waals surface area contributed by atoms with Gasteiger partial charge in [-0.1, -0.05) is 23.2 Å². The highest BCUT2D eigenvalue weighted by atomic mass is 35.5. The molecule has 2 N–H and O–H groups in total. The molecule has 6 heteroatoms. The van der Waals surface area contributed by atoms with Gasteiger partial charge in [-0.3, -0.25) is 4.68 Å². The van der Waals surface area contributed by atoms with Crippen molar-refractivity contribution in [2.75, 3.05) is 0 Å². The van der Waals surface area contributed by atoms with Gasteiger partial charge in [0.05, 0.1) is 14.4 Å². The van der Waals surface area contributed by atoms with Crippen LogP contribution in [0.3, 0.4) is 0 Å². The molecule has 0 saturated carbocycles. The smallest absolute Gasteiger partial charge is 0.0992 e. The first-order chi connectivity index (χ1) is 7.56. The van der Waals surface area contributed by atoms with E-state index in [1.165, 1.54) is 11.3 Å². The van der Waals surface area contributed by atoms with Crippen LogP contribution in [0.25, 0.3) is 0 Å². The lowest BCUT2D eigenvalue weighted by Crippen LogP contribution is -2.13. The zero-order valence-electron chi connectivity index (χ0n) is 8.65. The van der Waals surface area contributed by atoms with Crippen molar-refractivity contribution in [2.45, 2.75) is 12.5 Å². The third kappa shape index (κ3) is 2.58. The molecular formula is C10H11Cl2N3S. The second kappa shape index (κ2) is 4.75. The third-order valence-electron chi connectivity index (χ3n) is 2.28. The molecule has 0 fully saturated rings. The maximum Gasteiger partial charge on any atom is 0.0992 e. The molecule has 0 aliphatic rings. The van der Waals surface area contributed by atoms with Gasteiger partial charge in [0.15, 0.2) is 0 Å². The van der Waals surface area contributed by atoms with Gasteiger partial charge in [0.2, 0.25) is 0 Å². The second-order valence-electron chi connectivity index (χ2n) is 3.57. The zero-order chi connectivity index (χ0) is 11.7. The van der Waals surface area contributed by atoms with Crippen LogP contribution in [0.1, 0.15) is 17.3 Å². The van der Waals surface area contributed by atoms with Gasteiger partial charge >= 0.3 is 0 Å². The average molecular weight is 276 g/mol. The summed E-state index contributed by atoms with van der Waals surface area (Å²) < 4.78 is 3.08. The first-order valence-corrected chi connectivity index (χ1v) is 6.32. The number of nitrogens with two attached hydrogens (primary N) is 1. The molecule has 0 amide bonds. The fourth-order valence-electron chi connectivity index (χ4n) is 1.51. The molecule has 86 valence electrons. The molecule has 2 aromatic rings. The molecule has 1 unspecified atom stereocenters. The van der Waals surface area contributed by atoms with Crippen LogP contribution < -0.4 is 5.73 Å². The molecule has 0 saturated heterocycles. The van der Waals surface area contributed by atoms with Gasteiger partial charge in [0, 0.05) is 31.3 Å². The van der Waals surface area contributed by atoms with Crippen molar-refractivity contribution in [3.8, 4) is 0 Å². The zero-order valence-corrected chi connectivity index (χ0v) is 11.0. The first kappa shape index (κ1) is 11.9. The third-order valence-corrected chi connectivity index (χ3v) is 3.80. The normalized spacial score (nSPS) is 13.0. The van der Waals surface area contributed by atoms with Crippen LogP contribution >= 0.6 is 34.5 Å². The summed E-state index contributed by atoms with van der Waals surface area (Å²) >= 11 is 13.3. The summed E-state index contributed by atoms with van der Waals surface area (Å²) in [5, 5.41) is 4.28. The molecule has 1 atom stereocenters. The fourth-order valence-corrected chi connectivity index (χ4v) is 3.11. The molecular weight excluding hydrogens is 265 g/mol. The Morgan fingerprint density at radius 2 is 2.31 bits per heavy atom. The number of aryl methyl sites for hydroxylation is 1. The molecule has 0 spiro atoms. The van der Waals surface area contributed by atoms with Crippen LogP contribution in [0.4, 0.5) is 0 Å². The van der Waals surface area contributed by atoms with Gasteiger partial charge in [-0.25, -0.2) is 0 Å². The number of halogens is 2. The van der Waals surface area contributed by atoms with Gasteiger partial charge < -0.3 is 5.73 Å². The van der Waals surface area contributed by atoms with E-state index in [9.17, 15) is 0 Å². The molecule has 0 aliphatic carbocycles. The van der Waals surface area contributed by atoms with E-state index in [4.69, 9.17) is 28.9 Å². The highest BCUT2D eigenvalue weighted by Gasteiger charge is 2.15. The summed E-state index contributed by atoms with van der Waals surface area (Å²) in [5.41, 5.74) is 7.91. The lowest BCUT2D eigenvalue weighted by atomic mass is 10.1. The predicted octanol–water partition coefficient (Wildman–Crippen LogP) is 3.03. The van der Waals surface area contributed by atoms with Gasteiger partial charge in [-0.2, -0.15) is 5.10 Å². The lowest BCUT2D eigenvalue weighted by molar-refractivity contribution is 0.677. The summed E-state index contributed by atoms with van der Waals surface area (Å²) in [6.45, 7) is 0. The minimum atomic E-state index is -0.161. The number of thiophene rings is 1. The summed E-state index contributed by atoms with van der Waals surface area (Å²) in [5.74, 6) is 0.